The average molecular weight is 695 g/mol. The summed E-state index contributed by atoms with van der Waals surface area (Å²) >= 11 is 0. The highest BCUT2D eigenvalue weighted by atomic mass is 16.6. The third-order valence-corrected chi connectivity index (χ3v) is 10.2. The van der Waals surface area contributed by atoms with E-state index < -0.39 is 17.7 Å². The summed E-state index contributed by atoms with van der Waals surface area (Å²) in [5.41, 5.74) is 4.26. The lowest BCUT2D eigenvalue weighted by Crippen LogP contribution is -2.56. The molecule has 0 bridgehead atoms. The number of hydrogen-bond acceptors (Lipinski definition) is 7. The molecule has 2 fully saturated rings. The van der Waals surface area contributed by atoms with Crippen LogP contribution in [0.2, 0.25) is 0 Å². The number of nitrogens with zero attached hydrogens (tertiary/aromatic N) is 3. The summed E-state index contributed by atoms with van der Waals surface area (Å²) in [7, 11) is 3.23. The van der Waals surface area contributed by atoms with Crippen molar-refractivity contribution in [2.75, 3.05) is 27.3 Å². The minimum atomic E-state index is -0.812. The second-order valence-electron chi connectivity index (χ2n) is 14.8. The Morgan fingerprint density at radius 2 is 1.45 bits per heavy atom. The molecule has 3 aromatic rings. The van der Waals surface area contributed by atoms with Crippen LogP contribution in [0.1, 0.15) is 70.4 Å². The highest BCUT2D eigenvalue weighted by Crippen LogP contribution is 2.40. The lowest BCUT2D eigenvalue weighted by Gasteiger charge is -2.43. The maximum absolute atomic E-state index is 14.1. The number of alkyl carbamates (subject to hydrolysis) is 1. The molecule has 2 aliphatic heterocycles. The molecule has 3 amide bonds. The van der Waals surface area contributed by atoms with Gasteiger partial charge in [0.1, 0.15) is 11.6 Å². The Balaban J connectivity index is 1.18. The van der Waals surface area contributed by atoms with E-state index in [1.807, 2.05) is 60.7 Å². The number of nitrogens with one attached hydrogen (secondary N) is 1. The minimum absolute atomic E-state index is 0.0590. The fourth-order valence-electron chi connectivity index (χ4n) is 7.59. The van der Waals surface area contributed by atoms with Gasteiger partial charge in [-0.3, -0.25) is 9.59 Å². The number of rotatable bonds is 9. The predicted octanol–water partition coefficient (Wildman–Crippen LogP) is 6.85. The molecule has 3 aliphatic rings. The molecule has 1 saturated heterocycles. The van der Waals surface area contributed by atoms with Crippen molar-refractivity contribution in [2.45, 2.75) is 83.4 Å². The van der Waals surface area contributed by atoms with E-state index in [0.717, 1.165) is 53.6 Å². The van der Waals surface area contributed by atoms with E-state index >= 15 is 0 Å². The molecule has 0 unspecified atom stereocenters. The molecule has 0 aromatic heterocycles. The fourth-order valence-corrected chi connectivity index (χ4v) is 7.59. The molecule has 10 heteroatoms. The Labute approximate surface area is 301 Å². The number of likely N-dealkylation sites (tertiary alicyclic amines) is 1. The van der Waals surface area contributed by atoms with E-state index in [1.165, 1.54) is 0 Å². The Bertz CT molecular complexity index is 1730. The molecule has 3 aromatic carbocycles. The number of benzene rings is 3. The number of piperidine rings is 1. The van der Waals surface area contributed by atoms with Gasteiger partial charge in [-0.1, -0.05) is 67.4 Å². The third kappa shape index (κ3) is 8.38. The second kappa shape index (κ2) is 15.6. The topological polar surface area (TPSA) is 110 Å². The molecule has 3 atom stereocenters. The van der Waals surface area contributed by atoms with E-state index in [-0.39, 0.29) is 29.7 Å². The molecule has 10 nitrogen and oxygen atoms in total. The first-order chi connectivity index (χ1) is 24.5. The largest absolute Gasteiger partial charge is 0.493 e. The van der Waals surface area contributed by atoms with Crippen molar-refractivity contribution in [3.8, 4) is 22.6 Å². The van der Waals surface area contributed by atoms with Crippen LogP contribution in [0.25, 0.3) is 11.1 Å². The van der Waals surface area contributed by atoms with Crippen LogP contribution < -0.4 is 14.8 Å². The third-order valence-electron chi connectivity index (χ3n) is 10.2. The standard InChI is InChI=1S/C41H50N4O6/c1-41(2,3)51-40(48)42-34(25-27-15-17-29(18-16-27)28-11-7-6-8-12-28)39(47)44-23-21-31(22-24-44)45-38(46)33-14-10-9-13-32(33)37(43-45)30-19-20-35(49-4)36(26-30)50-5/h6-8,11-12,15-20,26,31-34H,9-10,13-14,21-25H2,1-5H3,(H,42,48)/t32-,33+,34+/m0/s1. The molecular weight excluding hydrogens is 644 g/mol. The maximum atomic E-state index is 14.1. The first kappa shape index (κ1) is 35.9. The van der Waals surface area contributed by atoms with Crippen LogP contribution in [0, 0.1) is 11.8 Å². The molecule has 1 N–H and O–H groups in total. The van der Waals surface area contributed by atoms with Gasteiger partial charge in [-0.15, -0.1) is 0 Å². The SMILES string of the molecule is COc1ccc(C2=NN(C3CCN(C(=O)[C@@H](Cc4ccc(-c5ccccc5)cc4)NC(=O)OC(C)(C)C)CC3)C(=O)[C@@H]3CCCC[C@H]23)cc1OC. The van der Waals surface area contributed by atoms with Gasteiger partial charge < -0.3 is 24.4 Å². The van der Waals surface area contributed by atoms with E-state index in [2.05, 4.69) is 17.4 Å². The van der Waals surface area contributed by atoms with Gasteiger partial charge in [-0.2, -0.15) is 5.10 Å². The van der Waals surface area contributed by atoms with Crippen LogP contribution in [-0.4, -0.2) is 78.5 Å². The van der Waals surface area contributed by atoms with Crippen molar-refractivity contribution in [1.29, 1.82) is 0 Å². The fraction of sp³-hybridized carbons (Fsp3) is 0.463. The summed E-state index contributed by atoms with van der Waals surface area (Å²) < 4.78 is 16.6. The smallest absolute Gasteiger partial charge is 0.408 e. The lowest BCUT2D eigenvalue weighted by molar-refractivity contribution is -0.143. The number of methoxy groups -OCH3 is 2. The molecule has 1 aliphatic carbocycles. The first-order valence-corrected chi connectivity index (χ1v) is 18.1. The van der Waals surface area contributed by atoms with Gasteiger partial charge in [0.05, 0.1) is 26.0 Å². The predicted molar refractivity (Wildman–Crippen MR) is 197 cm³/mol. The molecule has 0 radical (unpaired) electrons. The zero-order chi connectivity index (χ0) is 36.1. The van der Waals surface area contributed by atoms with Gasteiger partial charge in [0.25, 0.3) is 0 Å². The quantitative estimate of drug-likeness (QED) is 0.263. The summed E-state index contributed by atoms with van der Waals surface area (Å²) in [4.78, 5) is 42.8. The van der Waals surface area contributed by atoms with Crippen molar-refractivity contribution in [2.24, 2.45) is 16.9 Å². The highest BCUT2D eigenvalue weighted by Gasteiger charge is 2.44. The highest BCUT2D eigenvalue weighted by molar-refractivity contribution is 6.07. The van der Waals surface area contributed by atoms with Crippen molar-refractivity contribution in [1.82, 2.24) is 15.2 Å². The Morgan fingerprint density at radius 1 is 0.824 bits per heavy atom. The zero-order valence-electron chi connectivity index (χ0n) is 30.4. The Morgan fingerprint density at radius 3 is 2.10 bits per heavy atom. The van der Waals surface area contributed by atoms with Crippen LogP contribution >= 0.6 is 0 Å². The molecule has 0 spiro atoms. The number of hydrazone groups is 1. The van der Waals surface area contributed by atoms with Crippen LogP contribution in [0.3, 0.4) is 0 Å². The molecule has 1 saturated carbocycles. The minimum Gasteiger partial charge on any atom is -0.493 e. The molecule has 270 valence electrons. The Kier molecular flexibility index (Phi) is 11.0. The molecule has 51 heavy (non-hydrogen) atoms. The first-order valence-electron chi connectivity index (χ1n) is 18.1. The zero-order valence-corrected chi connectivity index (χ0v) is 30.4. The second-order valence-corrected chi connectivity index (χ2v) is 14.8. The summed E-state index contributed by atoms with van der Waals surface area (Å²) in [6.45, 7) is 6.29. The van der Waals surface area contributed by atoms with Gasteiger partial charge in [-0.25, -0.2) is 9.80 Å². The van der Waals surface area contributed by atoms with Crippen molar-refractivity contribution in [3.63, 3.8) is 0 Å². The summed E-state index contributed by atoms with van der Waals surface area (Å²) in [6.07, 6.45) is 4.71. The normalized spacial score (nSPS) is 20.2. The molecule has 6 rings (SSSR count). The van der Waals surface area contributed by atoms with Gasteiger partial charge in [-0.05, 0) is 81.3 Å². The van der Waals surface area contributed by atoms with Crippen LogP contribution in [0.15, 0.2) is 77.9 Å². The van der Waals surface area contributed by atoms with Crippen molar-refractivity contribution in [3.05, 3.63) is 83.9 Å². The van der Waals surface area contributed by atoms with Crippen LogP contribution in [0.5, 0.6) is 11.5 Å². The van der Waals surface area contributed by atoms with Gasteiger partial charge >= 0.3 is 6.09 Å². The van der Waals surface area contributed by atoms with Gasteiger partial charge in [0.2, 0.25) is 11.8 Å². The van der Waals surface area contributed by atoms with Crippen LogP contribution in [0.4, 0.5) is 4.79 Å². The number of hydrogen-bond donors (Lipinski definition) is 1. The van der Waals surface area contributed by atoms with Crippen molar-refractivity contribution >= 4 is 23.6 Å². The van der Waals surface area contributed by atoms with E-state index in [0.29, 0.717) is 43.9 Å². The Hall–Kier alpha value is -4.86. The number of carbonyl (C=O) groups excluding carboxylic acids is 3. The monoisotopic (exact) mass is 694 g/mol. The summed E-state index contributed by atoms with van der Waals surface area (Å²) in [6, 6.07) is 23.1. The summed E-state index contributed by atoms with van der Waals surface area (Å²) in [5, 5.41) is 9.64. The lowest BCUT2D eigenvalue weighted by atomic mass is 9.73. The van der Waals surface area contributed by atoms with Gasteiger partial charge in [0, 0.05) is 36.9 Å². The number of carbonyl (C=O) groups is 3. The van der Waals surface area contributed by atoms with E-state index in [1.54, 1.807) is 44.9 Å². The molecular formula is C41H50N4O6. The van der Waals surface area contributed by atoms with Crippen molar-refractivity contribution < 1.29 is 28.6 Å². The number of fused-ring (bicyclic) bond motifs is 1. The van der Waals surface area contributed by atoms with Gasteiger partial charge in [0.15, 0.2) is 11.5 Å². The number of ether oxygens (including phenoxy) is 3. The average Bonchev–Trinajstić information content (AvgIpc) is 3.14. The molecule has 2 heterocycles. The van der Waals surface area contributed by atoms with E-state index in [9.17, 15) is 14.4 Å². The van der Waals surface area contributed by atoms with E-state index in [4.69, 9.17) is 19.3 Å². The summed E-state index contributed by atoms with van der Waals surface area (Å²) in [5.74, 6) is 1.13. The number of amides is 3. The van der Waals surface area contributed by atoms with Crippen LogP contribution in [-0.2, 0) is 20.7 Å². The maximum Gasteiger partial charge on any atom is 0.408 e.